The Bertz CT molecular complexity index is 852. The maximum Gasteiger partial charge on any atom is 0.230 e. The first-order valence-electron chi connectivity index (χ1n) is 10.8. The Balaban J connectivity index is 2.36. The van der Waals surface area contributed by atoms with Crippen LogP contribution in [0.15, 0.2) is 48.5 Å². The topological polar surface area (TPSA) is 61.9 Å². The summed E-state index contributed by atoms with van der Waals surface area (Å²) < 4.78 is 5.29. The first-order valence-corrected chi connectivity index (χ1v) is 10.8. The lowest BCUT2D eigenvalue weighted by atomic mass is 9.94. The van der Waals surface area contributed by atoms with Crippen LogP contribution in [0, 0.1) is 0 Å². The summed E-state index contributed by atoms with van der Waals surface area (Å²) in [6, 6.07) is 15.7. The van der Waals surface area contributed by atoms with E-state index in [1.807, 2.05) is 86.3 Å². The molecule has 2 aromatic rings. The van der Waals surface area contributed by atoms with Crippen molar-refractivity contribution < 1.29 is 14.3 Å². The minimum atomic E-state index is -0.205. The van der Waals surface area contributed by atoms with Crippen molar-refractivity contribution >= 4 is 23.2 Å². The zero-order chi connectivity index (χ0) is 22.8. The van der Waals surface area contributed by atoms with E-state index in [0.29, 0.717) is 26.1 Å². The number of benzene rings is 2. The van der Waals surface area contributed by atoms with Gasteiger partial charge in [0.05, 0.1) is 12.5 Å². The summed E-state index contributed by atoms with van der Waals surface area (Å²) in [5.74, 6) is -0.159. The van der Waals surface area contributed by atoms with E-state index in [4.69, 9.17) is 4.74 Å². The number of nitrogens with zero attached hydrogens (tertiary/aromatic N) is 2. The average Bonchev–Trinajstić information content (AvgIpc) is 2.77. The highest BCUT2D eigenvalue weighted by Crippen LogP contribution is 2.27. The third-order valence-electron chi connectivity index (χ3n) is 5.31. The van der Waals surface area contributed by atoms with E-state index in [1.54, 1.807) is 7.11 Å². The Hall–Kier alpha value is -2.86. The third kappa shape index (κ3) is 6.82. The van der Waals surface area contributed by atoms with Crippen LogP contribution < -0.4 is 10.2 Å². The quantitative estimate of drug-likeness (QED) is 0.584. The predicted molar refractivity (Wildman–Crippen MR) is 126 cm³/mol. The summed E-state index contributed by atoms with van der Waals surface area (Å²) in [4.78, 5) is 29.3. The fraction of sp³-hybridized carbons (Fsp3) is 0.440. The normalized spacial score (nSPS) is 11.6. The van der Waals surface area contributed by atoms with Crippen molar-refractivity contribution in [3.63, 3.8) is 0 Å². The summed E-state index contributed by atoms with van der Waals surface area (Å²) >= 11 is 0. The molecular weight excluding hydrogens is 390 g/mol. The molecule has 1 N–H and O–H groups in total. The highest BCUT2D eigenvalue weighted by molar-refractivity contribution is 5.91. The second kappa shape index (κ2) is 12.1. The molecule has 0 spiro atoms. The molecule has 2 amide bonds. The molecule has 6 heteroatoms. The second-order valence-electron chi connectivity index (χ2n) is 7.76. The van der Waals surface area contributed by atoms with Gasteiger partial charge in [-0.15, -0.1) is 0 Å². The molecule has 0 aromatic heterocycles. The van der Waals surface area contributed by atoms with Crippen LogP contribution in [-0.4, -0.2) is 51.1 Å². The van der Waals surface area contributed by atoms with Crippen molar-refractivity contribution in [2.75, 3.05) is 44.6 Å². The molecule has 0 heterocycles. The van der Waals surface area contributed by atoms with Crippen LogP contribution in [0.5, 0.6) is 0 Å². The molecule has 2 rings (SSSR count). The maximum atomic E-state index is 13.6. The molecule has 0 saturated heterocycles. The van der Waals surface area contributed by atoms with Gasteiger partial charge < -0.3 is 19.9 Å². The third-order valence-corrected chi connectivity index (χ3v) is 5.31. The lowest BCUT2D eigenvalue weighted by Crippen LogP contribution is -2.37. The minimum Gasteiger partial charge on any atom is -0.383 e. The second-order valence-corrected chi connectivity index (χ2v) is 7.76. The molecular formula is C25H35N3O3. The van der Waals surface area contributed by atoms with Crippen molar-refractivity contribution in [2.24, 2.45) is 0 Å². The Morgan fingerprint density at radius 1 is 1.06 bits per heavy atom. The molecule has 0 bridgehead atoms. The number of rotatable bonds is 11. The highest BCUT2D eigenvalue weighted by Gasteiger charge is 2.25. The number of carbonyl (C=O) groups is 2. The van der Waals surface area contributed by atoms with E-state index in [9.17, 15) is 9.59 Å². The summed E-state index contributed by atoms with van der Waals surface area (Å²) in [5.41, 5.74) is 3.75. The lowest BCUT2D eigenvalue weighted by molar-refractivity contribution is -0.134. The molecule has 0 radical (unpaired) electrons. The molecule has 31 heavy (non-hydrogen) atoms. The van der Waals surface area contributed by atoms with Crippen LogP contribution in [-0.2, 0) is 20.9 Å². The Kier molecular flexibility index (Phi) is 9.53. The van der Waals surface area contributed by atoms with Gasteiger partial charge in [0.15, 0.2) is 0 Å². The monoisotopic (exact) mass is 425 g/mol. The number of ether oxygens (including phenoxy) is 1. The molecule has 1 atom stereocenters. The SMILES string of the molecule is CCC(=O)Nc1ccc(N(C)C)c(CN(CCOC)C(=O)C(CC)c2ccccc2)c1. The van der Waals surface area contributed by atoms with E-state index < -0.39 is 0 Å². The Morgan fingerprint density at radius 3 is 2.35 bits per heavy atom. The predicted octanol–water partition coefficient (Wildman–Crippen LogP) is 4.27. The van der Waals surface area contributed by atoms with Crippen LogP contribution in [0.1, 0.15) is 43.7 Å². The van der Waals surface area contributed by atoms with Gasteiger partial charge in [-0.05, 0) is 35.7 Å². The lowest BCUT2D eigenvalue weighted by Gasteiger charge is -2.29. The molecule has 168 valence electrons. The van der Waals surface area contributed by atoms with E-state index in [0.717, 1.165) is 28.9 Å². The Morgan fingerprint density at radius 2 is 1.77 bits per heavy atom. The van der Waals surface area contributed by atoms with E-state index in [-0.39, 0.29) is 17.7 Å². The van der Waals surface area contributed by atoms with Gasteiger partial charge in [0.25, 0.3) is 0 Å². The number of methoxy groups -OCH3 is 1. The number of hydrogen-bond acceptors (Lipinski definition) is 4. The molecule has 0 saturated carbocycles. The van der Waals surface area contributed by atoms with Gasteiger partial charge in [0.1, 0.15) is 0 Å². The van der Waals surface area contributed by atoms with Crippen molar-refractivity contribution in [3.8, 4) is 0 Å². The molecule has 0 fully saturated rings. The summed E-state index contributed by atoms with van der Waals surface area (Å²) in [7, 11) is 5.59. The zero-order valence-electron chi connectivity index (χ0n) is 19.4. The molecule has 1 unspecified atom stereocenters. The fourth-order valence-electron chi connectivity index (χ4n) is 3.61. The maximum absolute atomic E-state index is 13.6. The minimum absolute atomic E-state index is 0.0361. The molecule has 6 nitrogen and oxygen atoms in total. The van der Waals surface area contributed by atoms with Gasteiger partial charge in [-0.25, -0.2) is 0 Å². The number of anilines is 2. The largest absolute Gasteiger partial charge is 0.383 e. The van der Waals surface area contributed by atoms with Gasteiger partial charge in [0.2, 0.25) is 11.8 Å². The van der Waals surface area contributed by atoms with Gasteiger partial charge in [-0.2, -0.15) is 0 Å². The number of nitrogens with one attached hydrogen (secondary N) is 1. The number of amides is 2. The van der Waals surface area contributed by atoms with E-state index in [2.05, 4.69) is 5.32 Å². The summed E-state index contributed by atoms with van der Waals surface area (Å²) in [6.45, 7) is 5.26. The van der Waals surface area contributed by atoms with Crippen molar-refractivity contribution in [2.45, 2.75) is 39.2 Å². The highest BCUT2D eigenvalue weighted by atomic mass is 16.5. The van der Waals surface area contributed by atoms with Gasteiger partial charge >= 0.3 is 0 Å². The molecule has 0 aliphatic rings. The fourth-order valence-corrected chi connectivity index (χ4v) is 3.61. The van der Waals surface area contributed by atoms with Gasteiger partial charge in [-0.1, -0.05) is 44.2 Å². The van der Waals surface area contributed by atoms with Gasteiger partial charge in [-0.3, -0.25) is 9.59 Å². The number of carbonyl (C=O) groups excluding carboxylic acids is 2. The van der Waals surface area contributed by atoms with E-state index in [1.165, 1.54) is 0 Å². The van der Waals surface area contributed by atoms with E-state index >= 15 is 0 Å². The van der Waals surface area contributed by atoms with Crippen molar-refractivity contribution in [3.05, 3.63) is 59.7 Å². The van der Waals surface area contributed by atoms with Crippen LogP contribution in [0.25, 0.3) is 0 Å². The summed E-state index contributed by atoms with van der Waals surface area (Å²) in [6.07, 6.45) is 1.14. The molecule has 2 aromatic carbocycles. The summed E-state index contributed by atoms with van der Waals surface area (Å²) in [5, 5.41) is 2.92. The Labute approximate surface area is 186 Å². The van der Waals surface area contributed by atoms with Crippen molar-refractivity contribution in [1.82, 2.24) is 4.90 Å². The van der Waals surface area contributed by atoms with Gasteiger partial charge in [0, 0.05) is 52.1 Å². The number of hydrogen-bond donors (Lipinski definition) is 1. The molecule has 0 aliphatic carbocycles. The van der Waals surface area contributed by atoms with Crippen LogP contribution in [0.4, 0.5) is 11.4 Å². The standard InChI is InChI=1S/C25H35N3O3/c1-6-22(19-11-9-8-10-12-19)25(30)28(15-16-31-5)18-20-17-21(26-24(29)7-2)13-14-23(20)27(3)4/h8-14,17,22H,6-7,15-16,18H2,1-5H3,(H,26,29). The van der Waals surface area contributed by atoms with Crippen LogP contribution in [0.3, 0.4) is 0 Å². The first kappa shape index (κ1) is 24.4. The zero-order valence-corrected chi connectivity index (χ0v) is 19.4. The average molecular weight is 426 g/mol. The van der Waals surface area contributed by atoms with Crippen LogP contribution in [0.2, 0.25) is 0 Å². The van der Waals surface area contributed by atoms with Crippen molar-refractivity contribution in [1.29, 1.82) is 0 Å². The molecule has 0 aliphatic heterocycles. The smallest absolute Gasteiger partial charge is 0.230 e. The van der Waals surface area contributed by atoms with Crippen LogP contribution >= 0.6 is 0 Å². The first-order chi connectivity index (χ1) is 14.9.